The molecule has 1 aromatic heterocycles. The van der Waals surface area contributed by atoms with Gasteiger partial charge in [-0.3, -0.25) is 19.1 Å². The van der Waals surface area contributed by atoms with Gasteiger partial charge in [-0.2, -0.15) is 10.4 Å². The molecule has 50 heavy (non-hydrogen) atoms. The number of aromatic nitrogens is 2. The largest absolute Gasteiger partial charge is 0.507 e. The van der Waals surface area contributed by atoms with Crippen molar-refractivity contribution in [3.8, 4) is 34.2 Å². The van der Waals surface area contributed by atoms with E-state index >= 15 is 0 Å². The van der Waals surface area contributed by atoms with Crippen LogP contribution in [0.5, 0.6) is 5.75 Å². The molecule has 0 radical (unpaired) electrons. The summed E-state index contributed by atoms with van der Waals surface area (Å²) in [5.41, 5.74) is 3.85. The van der Waals surface area contributed by atoms with E-state index in [1.807, 2.05) is 6.07 Å². The molecule has 0 bridgehead atoms. The van der Waals surface area contributed by atoms with Crippen LogP contribution in [0.25, 0.3) is 22.4 Å². The molecule has 1 fully saturated rings. The lowest BCUT2D eigenvalue weighted by molar-refractivity contribution is -0.148. The zero-order chi connectivity index (χ0) is 35.0. The first-order valence-corrected chi connectivity index (χ1v) is 16.3. The smallest absolute Gasteiger partial charge is 0.252 e. The number of halogens is 1. The highest BCUT2D eigenvalue weighted by Crippen LogP contribution is 2.38. The maximum atomic E-state index is 14.1. The van der Waals surface area contributed by atoms with Gasteiger partial charge >= 0.3 is 0 Å². The minimum atomic E-state index is -1.03. The molecule has 3 amide bonds. The van der Waals surface area contributed by atoms with Gasteiger partial charge in [0.05, 0.1) is 32.2 Å². The molecule has 3 N–H and O–H groups in total. The molecule has 0 saturated carbocycles. The summed E-state index contributed by atoms with van der Waals surface area (Å²) in [5.74, 6) is -1.27. The molecule has 0 aliphatic carbocycles. The molecule has 4 aromatic carbocycles. The summed E-state index contributed by atoms with van der Waals surface area (Å²) in [6.07, 6.45) is 2.05. The topological polar surface area (TPSA) is 150 Å². The minimum Gasteiger partial charge on any atom is -0.507 e. The van der Waals surface area contributed by atoms with Crippen LogP contribution in [0.15, 0.2) is 109 Å². The number of carbonyl (C=O) groups excluding carboxylic acids is 3. The van der Waals surface area contributed by atoms with Crippen LogP contribution in [-0.2, 0) is 20.9 Å². The maximum absolute atomic E-state index is 14.1. The fourth-order valence-electron chi connectivity index (χ4n) is 5.75. The number of phenolic OH excluding ortho intramolecular Hbond substituents is 1. The van der Waals surface area contributed by atoms with Crippen molar-refractivity contribution in [1.82, 2.24) is 20.0 Å². The lowest BCUT2D eigenvalue weighted by Gasteiger charge is -2.37. The second-order valence-corrected chi connectivity index (χ2v) is 12.0. The van der Waals surface area contributed by atoms with Gasteiger partial charge in [0.25, 0.3) is 11.8 Å². The number of nitrogens with zero attached hydrogens (tertiary/aromatic N) is 4. The Morgan fingerprint density at radius 2 is 1.70 bits per heavy atom. The molecule has 1 aliphatic heterocycles. The van der Waals surface area contributed by atoms with Crippen molar-refractivity contribution in [3.05, 3.63) is 125 Å². The number of ether oxygens (including phenoxy) is 1. The summed E-state index contributed by atoms with van der Waals surface area (Å²) in [4.78, 5) is 42.4. The van der Waals surface area contributed by atoms with Crippen LogP contribution in [0.2, 0.25) is 5.02 Å². The predicted molar refractivity (Wildman–Crippen MR) is 188 cm³/mol. The Balaban J connectivity index is 1.22. The monoisotopic (exact) mass is 688 g/mol. The average molecular weight is 689 g/mol. The lowest BCUT2D eigenvalue weighted by Crippen LogP contribution is -2.57. The van der Waals surface area contributed by atoms with Crippen LogP contribution >= 0.6 is 11.6 Å². The number of carbonyl (C=O) groups is 3. The van der Waals surface area contributed by atoms with E-state index in [9.17, 15) is 19.5 Å². The Bertz CT molecular complexity index is 2030. The molecular formula is C38H33ClN6O5. The van der Waals surface area contributed by atoms with Gasteiger partial charge in [0.1, 0.15) is 23.5 Å². The quantitative estimate of drug-likeness (QED) is 0.167. The molecule has 2 atom stereocenters. The van der Waals surface area contributed by atoms with Crippen molar-refractivity contribution in [2.75, 3.05) is 25.1 Å². The number of amides is 3. The standard InChI is InChI=1S/C38H33ClN6O5/c39-28-14-17-33(46)30(22-28)35-31(23-44(43-35)19-7-18-40)25-12-15-29(16-13-25)41-37(48)32-24-50-21-20-45(32)38(49)34(26-8-3-1-4-9-26)42-36(47)27-10-5-2-6-11-27/h1-6,8-17,22-23,32,34,46H,7,19-21,24H2,(H,41,48)(H,42,47)/t32-,34+/m0/s1. The van der Waals surface area contributed by atoms with Gasteiger partial charge in [-0.1, -0.05) is 72.3 Å². The van der Waals surface area contributed by atoms with Gasteiger partial charge in [-0.15, -0.1) is 0 Å². The zero-order valence-electron chi connectivity index (χ0n) is 26.8. The first-order valence-electron chi connectivity index (χ1n) is 16.0. The van der Waals surface area contributed by atoms with Gasteiger partial charge in [-0.05, 0) is 53.6 Å². The van der Waals surface area contributed by atoms with Crippen LogP contribution in [0, 0.1) is 11.3 Å². The molecule has 0 spiro atoms. The number of hydrogen-bond acceptors (Lipinski definition) is 7. The van der Waals surface area contributed by atoms with Crippen molar-refractivity contribution < 1.29 is 24.2 Å². The lowest BCUT2D eigenvalue weighted by atomic mass is 10.0. The molecule has 11 nitrogen and oxygen atoms in total. The molecule has 6 rings (SSSR count). The second kappa shape index (κ2) is 15.5. The van der Waals surface area contributed by atoms with Gasteiger partial charge < -0.3 is 25.4 Å². The Morgan fingerprint density at radius 3 is 2.42 bits per heavy atom. The van der Waals surface area contributed by atoms with Crippen molar-refractivity contribution in [2.45, 2.75) is 25.0 Å². The number of rotatable bonds is 10. The highest BCUT2D eigenvalue weighted by molar-refractivity contribution is 6.31. The first kappa shape index (κ1) is 33.9. The van der Waals surface area contributed by atoms with Crippen molar-refractivity contribution >= 4 is 35.0 Å². The highest BCUT2D eigenvalue weighted by Gasteiger charge is 2.37. The number of nitrogens with one attached hydrogen (secondary N) is 2. The van der Waals surface area contributed by atoms with E-state index in [1.165, 1.54) is 11.0 Å². The van der Waals surface area contributed by atoms with Crippen LogP contribution in [-0.4, -0.2) is 63.3 Å². The number of phenols is 1. The summed E-state index contributed by atoms with van der Waals surface area (Å²) in [5, 5.41) is 30.5. The fourth-order valence-corrected chi connectivity index (χ4v) is 5.93. The van der Waals surface area contributed by atoms with Gasteiger partial charge in [0, 0.05) is 40.1 Å². The molecule has 5 aromatic rings. The molecule has 252 valence electrons. The highest BCUT2D eigenvalue weighted by atomic mass is 35.5. The van der Waals surface area contributed by atoms with E-state index in [0.717, 1.165) is 5.56 Å². The molecule has 12 heteroatoms. The number of aromatic hydroxyl groups is 1. The van der Waals surface area contributed by atoms with Crippen molar-refractivity contribution in [1.29, 1.82) is 5.26 Å². The van der Waals surface area contributed by atoms with Crippen LogP contribution in [0.4, 0.5) is 5.69 Å². The van der Waals surface area contributed by atoms with Crippen LogP contribution in [0.3, 0.4) is 0 Å². The Hall–Kier alpha value is -5.96. The Morgan fingerprint density at radius 1 is 0.980 bits per heavy atom. The van der Waals surface area contributed by atoms with Gasteiger partial charge in [0.2, 0.25) is 5.91 Å². The summed E-state index contributed by atoms with van der Waals surface area (Å²) in [7, 11) is 0. The third kappa shape index (κ3) is 7.68. The molecule has 1 saturated heterocycles. The van der Waals surface area contributed by atoms with Crippen molar-refractivity contribution in [2.24, 2.45) is 0 Å². The third-order valence-electron chi connectivity index (χ3n) is 8.30. The average Bonchev–Trinajstić information content (AvgIpc) is 3.58. The number of nitriles is 1. The van der Waals surface area contributed by atoms with E-state index in [4.69, 9.17) is 21.6 Å². The molecule has 2 heterocycles. The number of benzene rings is 4. The summed E-state index contributed by atoms with van der Waals surface area (Å²) >= 11 is 6.23. The molecule has 0 unspecified atom stereocenters. The Kier molecular flexibility index (Phi) is 10.5. The number of morpholine rings is 1. The predicted octanol–water partition coefficient (Wildman–Crippen LogP) is 5.83. The van der Waals surface area contributed by atoms with E-state index in [0.29, 0.717) is 45.2 Å². The summed E-state index contributed by atoms with van der Waals surface area (Å²) in [6.45, 7) is 0.747. The van der Waals surface area contributed by atoms with Crippen molar-refractivity contribution in [3.63, 3.8) is 0 Å². The maximum Gasteiger partial charge on any atom is 0.252 e. The van der Waals surface area contributed by atoms with Crippen LogP contribution in [0.1, 0.15) is 28.4 Å². The summed E-state index contributed by atoms with van der Waals surface area (Å²) < 4.78 is 7.28. The molecule has 1 aliphatic rings. The number of anilines is 1. The normalized spacial score (nSPS) is 14.7. The third-order valence-corrected chi connectivity index (χ3v) is 8.53. The number of hydrogen-bond donors (Lipinski definition) is 3. The molecular weight excluding hydrogens is 656 g/mol. The Labute approximate surface area is 293 Å². The van der Waals surface area contributed by atoms with Gasteiger partial charge in [0.15, 0.2) is 0 Å². The zero-order valence-corrected chi connectivity index (χ0v) is 27.6. The fraction of sp³-hybridized carbons (Fsp3) is 0.184. The number of aryl methyl sites for hydroxylation is 1. The summed E-state index contributed by atoms with van der Waals surface area (Å²) in [6, 6.07) is 29.4. The first-order chi connectivity index (χ1) is 24.3. The SMILES string of the molecule is N#CCCn1cc(-c2ccc(NC(=O)[C@@H]3COCCN3C(=O)[C@H](NC(=O)c3ccccc3)c3ccccc3)cc2)c(-c2cc(Cl)ccc2O)n1. The van der Waals surface area contributed by atoms with Crippen LogP contribution < -0.4 is 10.6 Å². The minimum absolute atomic E-state index is 0.00741. The second-order valence-electron chi connectivity index (χ2n) is 11.6. The van der Waals surface area contributed by atoms with E-state index in [-0.39, 0.29) is 31.9 Å². The van der Waals surface area contributed by atoms with E-state index in [1.54, 1.807) is 102 Å². The van der Waals surface area contributed by atoms with E-state index in [2.05, 4.69) is 21.8 Å². The van der Waals surface area contributed by atoms with E-state index < -0.39 is 29.8 Å². The van der Waals surface area contributed by atoms with Gasteiger partial charge in [-0.25, -0.2) is 0 Å².